The van der Waals surface area contributed by atoms with E-state index in [0.29, 0.717) is 11.7 Å². The van der Waals surface area contributed by atoms with Crippen LogP contribution in [0, 0.1) is 10.1 Å². The minimum absolute atomic E-state index is 0.0514. The van der Waals surface area contributed by atoms with Crippen molar-refractivity contribution < 1.29 is 9.72 Å². The number of nitro groups is 1. The van der Waals surface area contributed by atoms with Crippen LogP contribution in [0.15, 0.2) is 42.5 Å². The molecule has 2 aromatic carbocycles. The monoisotopic (exact) mass is 373 g/mol. The molecular formula is C19H20ClN3O3. The number of halogens is 1. The summed E-state index contributed by atoms with van der Waals surface area (Å²) in [7, 11) is 0. The van der Waals surface area contributed by atoms with Crippen LogP contribution < -0.4 is 10.2 Å². The van der Waals surface area contributed by atoms with Gasteiger partial charge in [0.15, 0.2) is 0 Å². The molecule has 0 unspecified atom stereocenters. The Balaban J connectivity index is 1.71. The van der Waals surface area contributed by atoms with Crippen LogP contribution in [0.3, 0.4) is 0 Å². The van der Waals surface area contributed by atoms with E-state index in [1.807, 2.05) is 24.3 Å². The lowest BCUT2D eigenvalue weighted by Crippen LogP contribution is -2.37. The van der Waals surface area contributed by atoms with Crippen LogP contribution in [0.25, 0.3) is 0 Å². The minimum atomic E-state index is -0.548. The van der Waals surface area contributed by atoms with Gasteiger partial charge in [0.2, 0.25) is 0 Å². The standard InChI is InChI=1S/C19H20ClN3O3/c1-13-4-2-3-11-22(13)15-7-5-14(6-8-15)21-19(24)17-10-9-16(23(25)26)12-18(17)20/h5-10,12-13H,2-4,11H2,1H3,(H,21,24)/t13-/m1/s1. The Labute approximate surface area is 156 Å². The molecule has 1 fully saturated rings. The lowest BCUT2D eigenvalue weighted by molar-refractivity contribution is -0.384. The van der Waals surface area contributed by atoms with Crippen molar-refractivity contribution in [3.05, 3.63) is 63.2 Å². The molecule has 0 aromatic heterocycles. The molecule has 136 valence electrons. The highest BCUT2D eigenvalue weighted by Gasteiger charge is 2.19. The van der Waals surface area contributed by atoms with Crippen molar-refractivity contribution >= 4 is 34.6 Å². The Morgan fingerprint density at radius 2 is 1.96 bits per heavy atom. The number of amides is 1. The molecule has 7 heteroatoms. The van der Waals surface area contributed by atoms with Crippen LogP contribution in [-0.2, 0) is 0 Å². The first-order valence-corrected chi connectivity index (χ1v) is 8.95. The molecule has 0 bridgehead atoms. The van der Waals surface area contributed by atoms with Crippen molar-refractivity contribution in [2.45, 2.75) is 32.2 Å². The van der Waals surface area contributed by atoms with Gasteiger partial charge in [-0.1, -0.05) is 11.6 Å². The molecule has 1 atom stereocenters. The maximum Gasteiger partial charge on any atom is 0.270 e. The first-order chi connectivity index (χ1) is 12.5. The zero-order valence-electron chi connectivity index (χ0n) is 14.4. The number of piperidine rings is 1. The molecule has 1 N–H and O–H groups in total. The van der Waals surface area contributed by atoms with Gasteiger partial charge in [0.25, 0.3) is 11.6 Å². The molecule has 6 nitrogen and oxygen atoms in total. The van der Waals surface area contributed by atoms with Crippen molar-refractivity contribution in [3.63, 3.8) is 0 Å². The fraction of sp³-hybridized carbons (Fsp3) is 0.316. The number of nitrogens with one attached hydrogen (secondary N) is 1. The SMILES string of the molecule is C[C@@H]1CCCCN1c1ccc(NC(=O)c2ccc([N+](=O)[O-])cc2Cl)cc1. The van der Waals surface area contributed by atoms with Crippen molar-refractivity contribution in [3.8, 4) is 0 Å². The van der Waals surface area contributed by atoms with Crippen molar-refractivity contribution in [1.82, 2.24) is 0 Å². The Hall–Kier alpha value is -2.60. The predicted octanol–water partition coefficient (Wildman–Crippen LogP) is 4.88. The molecule has 0 radical (unpaired) electrons. The van der Waals surface area contributed by atoms with Gasteiger partial charge in [-0.05, 0) is 56.5 Å². The van der Waals surface area contributed by atoms with Crippen molar-refractivity contribution in [1.29, 1.82) is 0 Å². The van der Waals surface area contributed by atoms with Crippen molar-refractivity contribution in [2.75, 3.05) is 16.8 Å². The molecule has 1 aliphatic rings. The van der Waals surface area contributed by atoms with Crippen LogP contribution >= 0.6 is 11.6 Å². The number of hydrogen-bond donors (Lipinski definition) is 1. The van der Waals surface area contributed by atoms with Gasteiger partial charge in [-0.15, -0.1) is 0 Å². The molecule has 3 rings (SSSR count). The number of carbonyl (C=O) groups excluding carboxylic acids is 1. The average Bonchev–Trinajstić information content (AvgIpc) is 2.62. The van der Waals surface area contributed by atoms with Crippen LogP contribution in [-0.4, -0.2) is 23.4 Å². The molecule has 26 heavy (non-hydrogen) atoms. The second kappa shape index (κ2) is 7.74. The Morgan fingerprint density at radius 3 is 2.58 bits per heavy atom. The number of rotatable bonds is 4. The number of nitro benzene ring substituents is 1. The highest BCUT2D eigenvalue weighted by molar-refractivity contribution is 6.34. The molecule has 1 aliphatic heterocycles. The first kappa shape index (κ1) is 18.2. The van der Waals surface area contributed by atoms with Crippen LogP contribution in [0.2, 0.25) is 5.02 Å². The average molecular weight is 374 g/mol. The van der Waals surface area contributed by atoms with Gasteiger partial charge < -0.3 is 10.2 Å². The Morgan fingerprint density at radius 1 is 1.23 bits per heavy atom. The Kier molecular flexibility index (Phi) is 5.42. The number of carbonyl (C=O) groups is 1. The van der Waals surface area contributed by atoms with Gasteiger partial charge in [-0.25, -0.2) is 0 Å². The van der Waals surface area contributed by atoms with E-state index in [9.17, 15) is 14.9 Å². The number of nitrogens with zero attached hydrogens (tertiary/aromatic N) is 2. The first-order valence-electron chi connectivity index (χ1n) is 8.57. The zero-order valence-corrected chi connectivity index (χ0v) is 15.2. The van der Waals surface area contributed by atoms with Gasteiger partial charge >= 0.3 is 0 Å². The maximum absolute atomic E-state index is 12.4. The predicted molar refractivity (Wildman–Crippen MR) is 103 cm³/mol. The fourth-order valence-corrected chi connectivity index (χ4v) is 3.48. The van der Waals surface area contributed by atoms with Crippen LogP contribution in [0.4, 0.5) is 17.1 Å². The molecule has 0 spiro atoms. The van der Waals surface area contributed by atoms with E-state index >= 15 is 0 Å². The molecule has 2 aromatic rings. The summed E-state index contributed by atoms with van der Waals surface area (Å²) in [6.07, 6.45) is 3.65. The fourth-order valence-electron chi connectivity index (χ4n) is 3.22. The highest BCUT2D eigenvalue weighted by atomic mass is 35.5. The highest BCUT2D eigenvalue weighted by Crippen LogP contribution is 2.27. The minimum Gasteiger partial charge on any atom is -0.369 e. The van der Waals surface area contributed by atoms with E-state index in [0.717, 1.165) is 12.2 Å². The lowest BCUT2D eigenvalue weighted by Gasteiger charge is -2.35. The number of anilines is 2. The summed E-state index contributed by atoms with van der Waals surface area (Å²) in [5.74, 6) is -0.399. The number of benzene rings is 2. The molecular weight excluding hydrogens is 354 g/mol. The van der Waals surface area contributed by atoms with E-state index in [1.165, 1.54) is 37.5 Å². The summed E-state index contributed by atoms with van der Waals surface area (Å²) in [4.78, 5) is 25.0. The third kappa shape index (κ3) is 3.96. The summed E-state index contributed by atoms with van der Waals surface area (Å²) < 4.78 is 0. The largest absolute Gasteiger partial charge is 0.369 e. The van der Waals surface area contributed by atoms with Gasteiger partial charge in [-0.3, -0.25) is 14.9 Å². The van der Waals surface area contributed by atoms with Gasteiger partial charge in [-0.2, -0.15) is 0 Å². The lowest BCUT2D eigenvalue weighted by atomic mass is 10.0. The second-order valence-electron chi connectivity index (χ2n) is 6.46. The van der Waals surface area contributed by atoms with Gasteiger partial charge in [0.1, 0.15) is 0 Å². The summed E-state index contributed by atoms with van der Waals surface area (Å²) >= 11 is 6.01. The summed E-state index contributed by atoms with van der Waals surface area (Å²) in [6.45, 7) is 3.27. The van der Waals surface area contributed by atoms with Crippen molar-refractivity contribution in [2.24, 2.45) is 0 Å². The summed E-state index contributed by atoms with van der Waals surface area (Å²) in [6, 6.07) is 12.0. The number of hydrogen-bond acceptors (Lipinski definition) is 4. The Bertz CT molecular complexity index is 823. The summed E-state index contributed by atoms with van der Waals surface area (Å²) in [5.41, 5.74) is 1.85. The van der Waals surface area contributed by atoms with Gasteiger partial charge in [0, 0.05) is 36.1 Å². The van der Waals surface area contributed by atoms with E-state index < -0.39 is 10.8 Å². The van der Waals surface area contributed by atoms with Crippen LogP contribution in [0.5, 0.6) is 0 Å². The third-order valence-corrected chi connectivity index (χ3v) is 4.98. The van der Waals surface area contributed by atoms with Crippen LogP contribution in [0.1, 0.15) is 36.5 Å². The number of non-ortho nitro benzene ring substituents is 1. The molecule has 1 amide bonds. The van der Waals surface area contributed by atoms with E-state index in [4.69, 9.17) is 11.6 Å². The normalized spacial score (nSPS) is 17.0. The molecule has 0 aliphatic carbocycles. The smallest absolute Gasteiger partial charge is 0.270 e. The maximum atomic E-state index is 12.4. The molecule has 1 saturated heterocycles. The van der Waals surface area contributed by atoms with E-state index in [1.54, 1.807) is 0 Å². The molecule has 0 saturated carbocycles. The van der Waals surface area contributed by atoms with E-state index in [2.05, 4.69) is 17.1 Å². The zero-order chi connectivity index (χ0) is 18.7. The quantitative estimate of drug-likeness (QED) is 0.612. The second-order valence-corrected chi connectivity index (χ2v) is 6.87. The molecule has 1 heterocycles. The summed E-state index contributed by atoms with van der Waals surface area (Å²) in [5, 5.41) is 13.6. The topological polar surface area (TPSA) is 75.5 Å². The van der Waals surface area contributed by atoms with E-state index in [-0.39, 0.29) is 16.3 Å². The van der Waals surface area contributed by atoms with Gasteiger partial charge in [0.05, 0.1) is 15.5 Å². The third-order valence-electron chi connectivity index (χ3n) is 4.67.